The minimum atomic E-state index is -5.93. The number of amides is 1. The smallest absolute Gasteiger partial charge is 0.369 e. The van der Waals surface area contributed by atoms with Gasteiger partial charge in [0.25, 0.3) is 5.60 Å². The van der Waals surface area contributed by atoms with E-state index in [0.29, 0.717) is 49.3 Å². The number of rotatable bonds is 9. The Kier molecular flexibility index (Phi) is 9.83. The van der Waals surface area contributed by atoms with Crippen molar-refractivity contribution in [2.45, 2.75) is 63.4 Å². The van der Waals surface area contributed by atoms with Crippen molar-refractivity contribution >= 4 is 5.91 Å². The van der Waals surface area contributed by atoms with E-state index in [-0.39, 0.29) is 18.0 Å². The molecular weight excluding hydrogens is 574 g/mol. The Hall–Kier alpha value is -3.48. The Morgan fingerprint density at radius 3 is 1.93 bits per heavy atom. The van der Waals surface area contributed by atoms with Gasteiger partial charge in [0.15, 0.2) is 0 Å². The number of alkyl halides is 6. The summed E-state index contributed by atoms with van der Waals surface area (Å²) in [6.45, 7) is 7.35. The number of hydrogen-bond acceptors (Lipinski definition) is 5. The lowest BCUT2D eigenvalue weighted by atomic mass is 9.90. The molecule has 1 fully saturated rings. The standard InChI is InChI=1S/C31H34F6N4O2/c1-21(2)39-28(42)17-27-20-40(15-16-41(27)19-23-11-13-38-14-12-23)18-22-3-5-24(6-4-22)25-7-9-26(10-8-25)29(43,30(32,33)34)31(35,36)37/h3-14,21,27,43H,15-20H2,1-2H3,(H,39,42). The van der Waals surface area contributed by atoms with Crippen LogP contribution in [0.2, 0.25) is 0 Å². The lowest BCUT2D eigenvalue weighted by Gasteiger charge is -2.41. The summed E-state index contributed by atoms with van der Waals surface area (Å²) in [5.74, 6) is -0.0131. The number of carbonyl (C=O) groups is 1. The van der Waals surface area contributed by atoms with Gasteiger partial charge in [-0.05, 0) is 48.2 Å². The van der Waals surface area contributed by atoms with Gasteiger partial charge in [0, 0.05) is 69.2 Å². The summed E-state index contributed by atoms with van der Waals surface area (Å²) in [7, 11) is 0. The van der Waals surface area contributed by atoms with E-state index in [4.69, 9.17) is 0 Å². The van der Waals surface area contributed by atoms with E-state index in [1.54, 1.807) is 24.5 Å². The number of hydrogen-bond donors (Lipinski definition) is 2. The highest BCUT2D eigenvalue weighted by Crippen LogP contribution is 2.50. The number of carbonyl (C=O) groups excluding carboxylic acids is 1. The fraction of sp³-hybridized carbons (Fsp3) is 0.419. The molecule has 4 rings (SSSR count). The van der Waals surface area contributed by atoms with Crippen molar-refractivity contribution in [1.29, 1.82) is 0 Å². The first-order chi connectivity index (χ1) is 20.2. The molecule has 2 heterocycles. The second kappa shape index (κ2) is 13.0. The molecule has 6 nitrogen and oxygen atoms in total. The lowest BCUT2D eigenvalue weighted by molar-refractivity contribution is -0.376. The molecule has 12 heteroatoms. The van der Waals surface area contributed by atoms with Gasteiger partial charge in [-0.3, -0.25) is 19.6 Å². The molecule has 2 aromatic carbocycles. The van der Waals surface area contributed by atoms with Crippen LogP contribution in [0.4, 0.5) is 26.3 Å². The van der Waals surface area contributed by atoms with Crippen molar-refractivity contribution in [2.24, 2.45) is 0 Å². The van der Waals surface area contributed by atoms with Crippen molar-refractivity contribution in [3.63, 3.8) is 0 Å². The van der Waals surface area contributed by atoms with E-state index in [0.717, 1.165) is 36.3 Å². The minimum absolute atomic E-state index is 0.00880. The molecule has 1 saturated heterocycles. The number of benzene rings is 2. The van der Waals surface area contributed by atoms with Crippen LogP contribution in [-0.4, -0.2) is 69.9 Å². The maximum Gasteiger partial charge on any atom is 0.430 e. The van der Waals surface area contributed by atoms with Gasteiger partial charge in [-0.25, -0.2) is 0 Å². The normalized spacial score (nSPS) is 17.3. The predicted octanol–water partition coefficient (Wildman–Crippen LogP) is 5.66. The Balaban J connectivity index is 1.44. The third-order valence-electron chi connectivity index (χ3n) is 7.51. The summed E-state index contributed by atoms with van der Waals surface area (Å²) in [5.41, 5.74) is -3.17. The summed E-state index contributed by atoms with van der Waals surface area (Å²) in [6, 6.07) is 14.7. The number of aromatic nitrogens is 1. The van der Waals surface area contributed by atoms with E-state index in [1.165, 1.54) is 0 Å². The molecule has 43 heavy (non-hydrogen) atoms. The van der Waals surface area contributed by atoms with Crippen LogP contribution < -0.4 is 5.32 Å². The van der Waals surface area contributed by atoms with Crippen molar-refractivity contribution in [1.82, 2.24) is 20.1 Å². The molecule has 1 aromatic heterocycles. The lowest BCUT2D eigenvalue weighted by Crippen LogP contribution is -2.53. The molecule has 1 aliphatic rings. The van der Waals surface area contributed by atoms with E-state index in [9.17, 15) is 36.2 Å². The largest absolute Gasteiger partial charge is 0.430 e. The van der Waals surface area contributed by atoms with Crippen LogP contribution in [0, 0.1) is 0 Å². The fourth-order valence-corrected chi connectivity index (χ4v) is 5.27. The topological polar surface area (TPSA) is 68.7 Å². The number of pyridine rings is 1. The number of nitrogens with one attached hydrogen (secondary N) is 1. The molecule has 1 aliphatic heterocycles. The van der Waals surface area contributed by atoms with Gasteiger partial charge in [0.05, 0.1) is 0 Å². The molecule has 0 radical (unpaired) electrons. The minimum Gasteiger partial charge on any atom is -0.369 e. The van der Waals surface area contributed by atoms with E-state index >= 15 is 0 Å². The van der Waals surface area contributed by atoms with Crippen molar-refractivity contribution < 1.29 is 36.2 Å². The average molecular weight is 609 g/mol. The van der Waals surface area contributed by atoms with Gasteiger partial charge in [0.2, 0.25) is 5.91 Å². The predicted molar refractivity (Wildman–Crippen MR) is 149 cm³/mol. The number of nitrogens with zero attached hydrogens (tertiary/aromatic N) is 3. The van der Waals surface area contributed by atoms with Gasteiger partial charge in [-0.1, -0.05) is 48.5 Å². The van der Waals surface area contributed by atoms with E-state index < -0.39 is 23.5 Å². The van der Waals surface area contributed by atoms with Gasteiger partial charge < -0.3 is 10.4 Å². The molecule has 2 N–H and O–H groups in total. The van der Waals surface area contributed by atoms with E-state index in [2.05, 4.69) is 20.1 Å². The zero-order valence-electron chi connectivity index (χ0n) is 23.8. The molecular formula is C31H34F6N4O2. The van der Waals surface area contributed by atoms with Crippen LogP contribution in [-0.2, 0) is 23.5 Å². The molecule has 1 unspecified atom stereocenters. The summed E-state index contributed by atoms with van der Waals surface area (Å²) in [6.07, 6.45) is -8.03. The number of halogens is 6. The Morgan fingerprint density at radius 2 is 1.40 bits per heavy atom. The summed E-state index contributed by atoms with van der Waals surface area (Å²) < 4.78 is 79.2. The highest BCUT2D eigenvalue weighted by molar-refractivity contribution is 5.76. The Labute approximate surface area is 246 Å². The highest BCUT2D eigenvalue weighted by Gasteiger charge is 2.71. The molecule has 3 aromatic rings. The van der Waals surface area contributed by atoms with Crippen molar-refractivity contribution in [2.75, 3.05) is 19.6 Å². The van der Waals surface area contributed by atoms with Crippen molar-refractivity contribution in [3.05, 3.63) is 89.7 Å². The summed E-state index contributed by atoms with van der Waals surface area (Å²) in [5, 5.41) is 12.6. The van der Waals surface area contributed by atoms with Gasteiger partial charge >= 0.3 is 12.4 Å². The number of aliphatic hydroxyl groups is 1. The maximum atomic E-state index is 13.2. The molecule has 232 valence electrons. The molecule has 0 bridgehead atoms. The first kappa shape index (κ1) is 32.4. The van der Waals surface area contributed by atoms with Crippen LogP contribution in [0.1, 0.15) is 37.0 Å². The van der Waals surface area contributed by atoms with Gasteiger partial charge in [-0.15, -0.1) is 0 Å². The first-order valence-electron chi connectivity index (χ1n) is 13.9. The third kappa shape index (κ3) is 7.73. The first-order valence-corrected chi connectivity index (χ1v) is 13.9. The second-order valence-corrected chi connectivity index (χ2v) is 11.1. The van der Waals surface area contributed by atoms with Crippen LogP contribution in [0.25, 0.3) is 11.1 Å². The summed E-state index contributed by atoms with van der Waals surface area (Å²) in [4.78, 5) is 21.3. The molecule has 1 amide bonds. The zero-order valence-corrected chi connectivity index (χ0v) is 23.8. The third-order valence-corrected chi connectivity index (χ3v) is 7.51. The SMILES string of the molecule is CC(C)NC(=O)CC1CN(Cc2ccc(-c3ccc(C(O)(C(F)(F)F)C(F)(F)F)cc3)cc2)CCN1Cc1ccncc1. The molecule has 0 aliphatic carbocycles. The molecule has 0 spiro atoms. The molecule has 0 saturated carbocycles. The van der Waals surface area contributed by atoms with Gasteiger partial charge in [0.1, 0.15) is 0 Å². The second-order valence-electron chi connectivity index (χ2n) is 11.1. The average Bonchev–Trinajstić information content (AvgIpc) is 2.93. The monoisotopic (exact) mass is 608 g/mol. The van der Waals surface area contributed by atoms with Crippen LogP contribution in [0.5, 0.6) is 0 Å². The quantitative estimate of drug-likeness (QED) is 0.307. The van der Waals surface area contributed by atoms with Crippen LogP contribution in [0.15, 0.2) is 73.1 Å². The number of piperazine rings is 1. The Morgan fingerprint density at radius 1 is 0.860 bits per heavy atom. The maximum absolute atomic E-state index is 13.2. The fourth-order valence-electron chi connectivity index (χ4n) is 5.27. The highest BCUT2D eigenvalue weighted by atomic mass is 19.4. The molecule has 1 atom stereocenters. The zero-order chi connectivity index (χ0) is 31.4. The van der Waals surface area contributed by atoms with Crippen LogP contribution >= 0.6 is 0 Å². The van der Waals surface area contributed by atoms with Crippen LogP contribution in [0.3, 0.4) is 0 Å². The summed E-state index contributed by atoms with van der Waals surface area (Å²) >= 11 is 0. The Bertz CT molecular complexity index is 1330. The van der Waals surface area contributed by atoms with Gasteiger partial charge in [-0.2, -0.15) is 26.3 Å². The van der Waals surface area contributed by atoms with Crippen molar-refractivity contribution in [3.8, 4) is 11.1 Å². The van der Waals surface area contributed by atoms with E-state index in [1.807, 2.05) is 38.1 Å².